The normalized spacial score (nSPS) is 17.2. The standard InChI is InChI=1S/C30H31F3N6O5S/c1-18-15-20(17-39(16-18)29(40)41)36-28-35-13-10-24(37-28)23-6-4-12-34-27(23)44-26-19(2)8-9-21-22(26)5-3-7-25(21)38-45(42,43)14-11-30(31,32)33/h3-10,12-13,18,20,38H,11,14-17H2,1-2H3,(H,40,41)(H,35,36,37)/t18-,20+/m1/s1. The van der Waals surface area contributed by atoms with Crippen LogP contribution in [0.4, 0.5) is 29.6 Å². The van der Waals surface area contributed by atoms with Crippen molar-refractivity contribution in [2.45, 2.75) is 38.9 Å². The number of halogens is 3. The highest BCUT2D eigenvalue weighted by Crippen LogP contribution is 2.39. The number of pyridine rings is 1. The molecular formula is C30H31F3N6O5S. The van der Waals surface area contributed by atoms with Crippen molar-refractivity contribution in [2.75, 3.05) is 28.9 Å². The minimum absolute atomic E-state index is 0.116. The van der Waals surface area contributed by atoms with Crippen LogP contribution in [0.3, 0.4) is 0 Å². The number of nitrogens with zero attached hydrogens (tertiary/aromatic N) is 4. The van der Waals surface area contributed by atoms with Gasteiger partial charge in [0.05, 0.1) is 29.1 Å². The molecule has 1 aliphatic rings. The average Bonchev–Trinajstić information content (AvgIpc) is 2.97. The number of nitrogens with one attached hydrogen (secondary N) is 2. The van der Waals surface area contributed by atoms with Crippen LogP contribution in [0.25, 0.3) is 22.0 Å². The number of ether oxygens (including phenoxy) is 1. The van der Waals surface area contributed by atoms with Gasteiger partial charge in [0, 0.05) is 42.3 Å². The van der Waals surface area contributed by atoms with Gasteiger partial charge in [-0.1, -0.05) is 31.2 Å². The summed E-state index contributed by atoms with van der Waals surface area (Å²) in [5, 5.41) is 13.6. The molecule has 1 amide bonds. The number of aryl methyl sites for hydroxylation is 1. The van der Waals surface area contributed by atoms with Crippen molar-refractivity contribution in [2.24, 2.45) is 5.92 Å². The smallest absolute Gasteiger partial charge is 0.407 e. The van der Waals surface area contributed by atoms with E-state index in [-0.39, 0.29) is 23.5 Å². The third-order valence-corrected chi connectivity index (χ3v) is 8.57. The van der Waals surface area contributed by atoms with Gasteiger partial charge in [0.15, 0.2) is 0 Å². The van der Waals surface area contributed by atoms with Gasteiger partial charge in [-0.3, -0.25) is 4.72 Å². The zero-order valence-electron chi connectivity index (χ0n) is 24.4. The molecule has 238 valence electrons. The van der Waals surface area contributed by atoms with Gasteiger partial charge < -0.3 is 20.1 Å². The third-order valence-electron chi connectivity index (χ3n) is 7.29. The number of piperidine rings is 1. The molecule has 1 fully saturated rings. The Kier molecular flexibility index (Phi) is 9.00. The molecule has 0 spiro atoms. The van der Waals surface area contributed by atoms with E-state index in [4.69, 9.17) is 4.74 Å². The van der Waals surface area contributed by atoms with E-state index >= 15 is 0 Å². The Morgan fingerprint density at radius 3 is 2.62 bits per heavy atom. The molecule has 15 heteroatoms. The zero-order chi connectivity index (χ0) is 32.4. The predicted molar refractivity (Wildman–Crippen MR) is 163 cm³/mol. The molecule has 0 radical (unpaired) electrons. The maximum Gasteiger partial charge on any atom is 0.407 e. The minimum Gasteiger partial charge on any atom is -0.465 e. The fourth-order valence-electron chi connectivity index (χ4n) is 5.27. The maximum absolute atomic E-state index is 12.7. The van der Waals surface area contributed by atoms with E-state index in [0.717, 1.165) is 6.42 Å². The molecule has 5 rings (SSSR count). The summed E-state index contributed by atoms with van der Waals surface area (Å²) in [6.07, 6.45) is -3.19. The molecule has 0 unspecified atom stereocenters. The van der Waals surface area contributed by atoms with E-state index < -0.39 is 34.5 Å². The van der Waals surface area contributed by atoms with E-state index in [1.54, 1.807) is 61.8 Å². The first-order valence-corrected chi connectivity index (χ1v) is 15.7. The van der Waals surface area contributed by atoms with Crippen LogP contribution in [-0.2, 0) is 10.0 Å². The van der Waals surface area contributed by atoms with Crippen LogP contribution in [0, 0.1) is 12.8 Å². The largest absolute Gasteiger partial charge is 0.465 e. The summed E-state index contributed by atoms with van der Waals surface area (Å²) >= 11 is 0. The summed E-state index contributed by atoms with van der Waals surface area (Å²) in [6, 6.07) is 13.1. The highest BCUT2D eigenvalue weighted by atomic mass is 32.2. The number of anilines is 2. The Bertz CT molecular complexity index is 1820. The van der Waals surface area contributed by atoms with Gasteiger partial charge in [0.2, 0.25) is 21.9 Å². The Morgan fingerprint density at radius 2 is 1.87 bits per heavy atom. The SMILES string of the molecule is Cc1ccc2c(NS(=O)(=O)CCC(F)(F)F)cccc2c1Oc1ncccc1-c1ccnc(N[C@H]2C[C@@H](C)CN(C(=O)O)C2)n1. The fraction of sp³-hybridized carbons (Fsp3) is 0.333. The highest BCUT2D eigenvalue weighted by Gasteiger charge is 2.30. The number of aromatic nitrogens is 3. The Hall–Kier alpha value is -4.66. The highest BCUT2D eigenvalue weighted by molar-refractivity contribution is 7.92. The summed E-state index contributed by atoms with van der Waals surface area (Å²) in [6.45, 7) is 4.55. The van der Waals surface area contributed by atoms with E-state index in [1.165, 1.54) is 11.0 Å². The Morgan fingerprint density at radius 1 is 1.07 bits per heavy atom. The maximum atomic E-state index is 12.7. The van der Waals surface area contributed by atoms with Crippen LogP contribution in [0.2, 0.25) is 0 Å². The number of benzene rings is 2. The molecule has 0 bridgehead atoms. The second-order valence-electron chi connectivity index (χ2n) is 11.0. The first-order valence-electron chi connectivity index (χ1n) is 14.1. The first kappa shape index (κ1) is 31.8. The number of carboxylic acid groups (broad SMARTS) is 1. The first-order chi connectivity index (χ1) is 21.3. The third kappa shape index (κ3) is 7.90. The molecule has 3 N–H and O–H groups in total. The topological polar surface area (TPSA) is 147 Å². The van der Waals surface area contributed by atoms with Gasteiger partial charge in [-0.25, -0.2) is 28.2 Å². The van der Waals surface area contributed by atoms with E-state index in [0.29, 0.717) is 52.4 Å². The van der Waals surface area contributed by atoms with Gasteiger partial charge in [0.1, 0.15) is 5.75 Å². The average molecular weight is 645 g/mol. The van der Waals surface area contributed by atoms with Crippen molar-refractivity contribution in [3.8, 4) is 22.9 Å². The number of likely N-dealkylation sites (tertiary alicyclic amines) is 1. The fourth-order valence-corrected chi connectivity index (χ4v) is 6.38. The predicted octanol–water partition coefficient (Wildman–Crippen LogP) is 6.29. The van der Waals surface area contributed by atoms with Crippen LogP contribution in [-0.4, -0.2) is 70.5 Å². The molecule has 1 saturated heterocycles. The molecule has 1 aliphatic heterocycles. The number of sulfonamides is 1. The molecule has 2 aromatic carbocycles. The van der Waals surface area contributed by atoms with E-state index in [9.17, 15) is 31.5 Å². The molecule has 2 atom stereocenters. The number of rotatable bonds is 9. The molecule has 0 aliphatic carbocycles. The lowest BCUT2D eigenvalue weighted by molar-refractivity contribution is -0.129. The van der Waals surface area contributed by atoms with Crippen LogP contribution in [0.15, 0.2) is 60.9 Å². The number of hydrogen-bond acceptors (Lipinski definition) is 8. The van der Waals surface area contributed by atoms with Crippen LogP contribution in [0.1, 0.15) is 25.3 Å². The van der Waals surface area contributed by atoms with Crippen molar-refractivity contribution in [3.63, 3.8) is 0 Å². The van der Waals surface area contributed by atoms with E-state index in [2.05, 4.69) is 25.0 Å². The molecule has 2 aromatic heterocycles. The summed E-state index contributed by atoms with van der Waals surface area (Å²) in [5.41, 5.74) is 1.85. The lowest BCUT2D eigenvalue weighted by Gasteiger charge is -2.35. The molecule has 11 nitrogen and oxygen atoms in total. The lowest BCUT2D eigenvalue weighted by atomic mass is 9.96. The molecule has 4 aromatic rings. The summed E-state index contributed by atoms with van der Waals surface area (Å²) in [5.74, 6) is -0.0466. The van der Waals surface area contributed by atoms with Crippen molar-refractivity contribution in [1.29, 1.82) is 0 Å². The van der Waals surface area contributed by atoms with Gasteiger partial charge in [0.25, 0.3) is 0 Å². The minimum atomic E-state index is -4.61. The van der Waals surface area contributed by atoms with Gasteiger partial charge in [-0.15, -0.1) is 0 Å². The van der Waals surface area contributed by atoms with Crippen LogP contribution in [0.5, 0.6) is 11.6 Å². The van der Waals surface area contributed by atoms with E-state index in [1.807, 2.05) is 6.92 Å². The number of fused-ring (bicyclic) bond motifs is 1. The number of hydrogen-bond donors (Lipinski definition) is 3. The van der Waals surface area contributed by atoms with Gasteiger partial charge in [-0.05, 0) is 49.1 Å². The van der Waals surface area contributed by atoms with Crippen molar-refractivity contribution in [3.05, 3.63) is 66.5 Å². The van der Waals surface area contributed by atoms with Crippen molar-refractivity contribution < 1.29 is 36.2 Å². The Labute approximate surface area is 257 Å². The second-order valence-corrected chi connectivity index (χ2v) is 12.8. The second kappa shape index (κ2) is 12.8. The summed E-state index contributed by atoms with van der Waals surface area (Å²) in [4.78, 5) is 26.3. The van der Waals surface area contributed by atoms with Crippen LogP contribution >= 0.6 is 0 Å². The summed E-state index contributed by atoms with van der Waals surface area (Å²) < 4.78 is 71.5. The van der Waals surface area contributed by atoms with Crippen molar-refractivity contribution >= 4 is 38.5 Å². The van der Waals surface area contributed by atoms with Gasteiger partial charge >= 0.3 is 12.3 Å². The molecule has 45 heavy (non-hydrogen) atoms. The van der Waals surface area contributed by atoms with Gasteiger partial charge in [-0.2, -0.15) is 13.2 Å². The number of amides is 1. The zero-order valence-corrected chi connectivity index (χ0v) is 25.2. The monoisotopic (exact) mass is 644 g/mol. The lowest BCUT2D eigenvalue weighted by Crippen LogP contribution is -2.47. The van der Waals surface area contributed by atoms with Crippen LogP contribution < -0.4 is 14.8 Å². The number of alkyl halides is 3. The number of carbonyl (C=O) groups is 1. The summed E-state index contributed by atoms with van der Waals surface area (Å²) in [7, 11) is -4.28. The molecular weight excluding hydrogens is 613 g/mol. The quantitative estimate of drug-likeness (QED) is 0.191. The van der Waals surface area contributed by atoms with Crippen molar-refractivity contribution in [1.82, 2.24) is 19.9 Å². The molecule has 0 saturated carbocycles. The molecule has 3 heterocycles. The Balaban J connectivity index is 1.43.